The fraction of sp³-hybridized carbons (Fsp3) is 0.300. The molecule has 1 aromatic carbocycles. The molecule has 0 radical (unpaired) electrons. The molecule has 5 heteroatoms. The van der Waals surface area contributed by atoms with Crippen molar-refractivity contribution in [2.45, 2.75) is 11.8 Å². The van der Waals surface area contributed by atoms with Gasteiger partial charge in [0.1, 0.15) is 5.84 Å². The third-order valence-electron chi connectivity index (χ3n) is 1.93. The number of hydrogen-bond acceptors (Lipinski definition) is 3. The first kappa shape index (κ1) is 12.2. The number of nitrogens with two attached hydrogens (primary N) is 1. The molecule has 0 spiro atoms. The van der Waals surface area contributed by atoms with Crippen molar-refractivity contribution in [3.8, 4) is 0 Å². The monoisotopic (exact) mass is 244 g/mol. The van der Waals surface area contributed by atoms with Crippen LogP contribution in [0, 0.1) is 5.92 Å². The molecule has 1 aromatic rings. The predicted molar refractivity (Wildman–Crippen MR) is 64.7 cm³/mol. The summed E-state index contributed by atoms with van der Waals surface area (Å²) in [7, 11) is 0. The van der Waals surface area contributed by atoms with E-state index in [2.05, 4.69) is 5.16 Å². The van der Waals surface area contributed by atoms with Crippen molar-refractivity contribution in [2.75, 3.05) is 5.75 Å². The van der Waals surface area contributed by atoms with Gasteiger partial charge in [0.15, 0.2) is 0 Å². The molecule has 0 fully saturated rings. The van der Waals surface area contributed by atoms with Crippen LogP contribution < -0.4 is 5.73 Å². The van der Waals surface area contributed by atoms with Crippen LogP contribution >= 0.6 is 23.4 Å². The Morgan fingerprint density at radius 3 is 2.67 bits per heavy atom. The highest BCUT2D eigenvalue weighted by Crippen LogP contribution is 2.22. The highest BCUT2D eigenvalue weighted by molar-refractivity contribution is 7.99. The molecule has 0 amide bonds. The molecular formula is C10H13ClN2OS. The lowest BCUT2D eigenvalue weighted by Gasteiger charge is -2.08. The number of rotatable bonds is 4. The molecular weight excluding hydrogens is 232 g/mol. The highest BCUT2D eigenvalue weighted by Gasteiger charge is 2.07. The maximum atomic E-state index is 8.48. The molecule has 0 aliphatic carbocycles. The van der Waals surface area contributed by atoms with Gasteiger partial charge in [0.05, 0.1) is 0 Å². The zero-order valence-corrected chi connectivity index (χ0v) is 9.92. The van der Waals surface area contributed by atoms with Crippen molar-refractivity contribution in [1.82, 2.24) is 0 Å². The number of oxime groups is 1. The van der Waals surface area contributed by atoms with E-state index in [4.69, 9.17) is 22.5 Å². The van der Waals surface area contributed by atoms with Gasteiger partial charge in [-0.25, -0.2) is 0 Å². The van der Waals surface area contributed by atoms with Crippen molar-refractivity contribution in [1.29, 1.82) is 0 Å². The molecule has 0 saturated carbocycles. The largest absolute Gasteiger partial charge is 0.409 e. The Bertz CT molecular complexity index is 340. The first-order valence-electron chi connectivity index (χ1n) is 4.49. The summed E-state index contributed by atoms with van der Waals surface area (Å²) >= 11 is 7.42. The minimum Gasteiger partial charge on any atom is -0.409 e. The van der Waals surface area contributed by atoms with Gasteiger partial charge in [0.2, 0.25) is 0 Å². The molecule has 0 aromatic heterocycles. The second kappa shape index (κ2) is 5.88. The van der Waals surface area contributed by atoms with Gasteiger partial charge >= 0.3 is 0 Å². The van der Waals surface area contributed by atoms with Crippen molar-refractivity contribution in [2.24, 2.45) is 16.8 Å². The van der Waals surface area contributed by atoms with Gasteiger partial charge in [-0.15, -0.1) is 11.8 Å². The summed E-state index contributed by atoms with van der Waals surface area (Å²) in [5.41, 5.74) is 5.47. The maximum Gasteiger partial charge on any atom is 0.142 e. The van der Waals surface area contributed by atoms with E-state index in [1.807, 2.05) is 31.2 Å². The second-order valence-corrected chi connectivity index (χ2v) is 4.72. The van der Waals surface area contributed by atoms with Gasteiger partial charge in [-0.1, -0.05) is 23.7 Å². The Hall–Kier alpha value is -0.870. The Morgan fingerprint density at radius 2 is 2.13 bits per heavy atom. The van der Waals surface area contributed by atoms with E-state index in [-0.39, 0.29) is 11.8 Å². The molecule has 1 rings (SSSR count). The van der Waals surface area contributed by atoms with Crippen molar-refractivity contribution in [3.63, 3.8) is 0 Å². The first-order chi connectivity index (χ1) is 7.13. The SMILES string of the molecule is CC(CSc1ccc(Cl)cc1)/C(N)=N/O. The quantitative estimate of drug-likeness (QED) is 0.282. The van der Waals surface area contributed by atoms with Gasteiger partial charge in [-0.3, -0.25) is 0 Å². The second-order valence-electron chi connectivity index (χ2n) is 3.19. The standard InChI is InChI=1S/C10H13ClN2OS/c1-7(10(12)13-14)6-15-9-4-2-8(11)3-5-9/h2-5,7,14H,6H2,1H3,(H2,12,13). The Kier molecular flexibility index (Phi) is 4.78. The average Bonchev–Trinajstić information content (AvgIpc) is 2.26. The lowest BCUT2D eigenvalue weighted by Crippen LogP contribution is -2.22. The van der Waals surface area contributed by atoms with E-state index >= 15 is 0 Å². The van der Waals surface area contributed by atoms with Gasteiger partial charge in [0.25, 0.3) is 0 Å². The fourth-order valence-corrected chi connectivity index (χ4v) is 2.00. The van der Waals surface area contributed by atoms with Crippen LogP contribution in [0.2, 0.25) is 5.02 Å². The Balaban J connectivity index is 2.47. The van der Waals surface area contributed by atoms with Gasteiger partial charge in [-0.2, -0.15) is 0 Å². The van der Waals surface area contributed by atoms with Crippen molar-refractivity contribution < 1.29 is 5.21 Å². The third-order valence-corrected chi connectivity index (χ3v) is 3.46. The van der Waals surface area contributed by atoms with Gasteiger partial charge < -0.3 is 10.9 Å². The minimum absolute atomic E-state index is 0.0516. The molecule has 3 N–H and O–H groups in total. The van der Waals surface area contributed by atoms with Crippen LogP contribution in [0.4, 0.5) is 0 Å². The number of hydrogen-bond donors (Lipinski definition) is 2. The van der Waals surface area contributed by atoms with E-state index in [0.29, 0.717) is 0 Å². The summed E-state index contributed by atoms with van der Waals surface area (Å²) < 4.78 is 0. The number of nitrogens with zero attached hydrogens (tertiary/aromatic N) is 1. The summed E-state index contributed by atoms with van der Waals surface area (Å²) in [5.74, 6) is 1.09. The molecule has 0 aliphatic rings. The molecule has 0 bridgehead atoms. The van der Waals surface area contributed by atoms with E-state index in [1.54, 1.807) is 11.8 Å². The minimum atomic E-state index is 0.0516. The summed E-state index contributed by atoms with van der Waals surface area (Å²) in [6.45, 7) is 1.91. The molecule has 82 valence electrons. The van der Waals surface area contributed by atoms with Crippen LogP contribution in [0.15, 0.2) is 34.3 Å². The van der Waals surface area contributed by atoms with Crippen LogP contribution in [0.5, 0.6) is 0 Å². The van der Waals surface area contributed by atoms with Crippen molar-refractivity contribution in [3.05, 3.63) is 29.3 Å². The van der Waals surface area contributed by atoms with E-state index in [0.717, 1.165) is 15.7 Å². The zero-order valence-electron chi connectivity index (χ0n) is 8.35. The van der Waals surface area contributed by atoms with Gasteiger partial charge in [0, 0.05) is 21.6 Å². The zero-order chi connectivity index (χ0) is 11.3. The summed E-state index contributed by atoms with van der Waals surface area (Å²) in [4.78, 5) is 1.12. The number of amidine groups is 1. The smallest absolute Gasteiger partial charge is 0.142 e. The first-order valence-corrected chi connectivity index (χ1v) is 5.85. The molecule has 1 atom stereocenters. The van der Waals surface area contributed by atoms with E-state index in [1.165, 1.54) is 0 Å². The molecule has 3 nitrogen and oxygen atoms in total. The van der Waals surface area contributed by atoms with Crippen molar-refractivity contribution >= 4 is 29.2 Å². The van der Waals surface area contributed by atoms with Crippen LogP contribution in [-0.4, -0.2) is 16.8 Å². The lowest BCUT2D eigenvalue weighted by atomic mass is 10.2. The summed E-state index contributed by atoms with van der Waals surface area (Å²) in [5, 5.41) is 12.2. The van der Waals surface area contributed by atoms with Crippen LogP contribution in [-0.2, 0) is 0 Å². The number of halogens is 1. The maximum absolute atomic E-state index is 8.48. The van der Waals surface area contributed by atoms with Crippen LogP contribution in [0.3, 0.4) is 0 Å². The topological polar surface area (TPSA) is 58.6 Å². The number of benzene rings is 1. The summed E-state index contributed by atoms with van der Waals surface area (Å²) in [6, 6.07) is 7.59. The molecule has 15 heavy (non-hydrogen) atoms. The molecule has 0 heterocycles. The molecule has 1 unspecified atom stereocenters. The fourth-order valence-electron chi connectivity index (χ4n) is 0.936. The summed E-state index contributed by atoms with van der Waals surface area (Å²) in [6.07, 6.45) is 0. The normalized spacial score (nSPS) is 13.9. The molecule has 0 saturated heterocycles. The third kappa shape index (κ3) is 4.01. The van der Waals surface area contributed by atoms with Gasteiger partial charge in [-0.05, 0) is 24.3 Å². The Morgan fingerprint density at radius 1 is 1.53 bits per heavy atom. The van der Waals surface area contributed by atoms with Crippen LogP contribution in [0.25, 0.3) is 0 Å². The Labute approximate surface area is 98.3 Å². The number of thioether (sulfide) groups is 1. The van der Waals surface area contributed by atoms with E-state index < -0.39 is 0 Å². The average molecular weight is 245 g/mol. The lowest BCUT2D eigenvalue weighted by molar-refractivity contribution is 0.315. The molecule has 0 aliphatic heterocycles. The van der Waals surface area contributed by atoms with E-state index in [9.17, 15) is 0 Å². The highest BCUT2D eigenvalue weighted by atomic mass is 35.5. The van der Waals surface area contributed by atoms with Crippen LogP contribution in [0.1, 0.15) is 6.92 Å². The predicted octanol–water partition coefficient (Wildman–Crippen LogP) is 2.81.